The average molecular weight is 707 g/mol. The maximum atomic E-state index is 8.86. The third kappa shape index (κ3) is 6.38. The van der Waals surface area contributed by atoms with Gasteiger partial charge in [-0.3, -0.25) is 0 Å². The van der Waals surface area contributed by atoms with Gasteiger partial charge in [0.15, 0.2) is 12.0 Å². The first-order valence-corrected chi connectivity index (χ1v) is 21.6. The van der Waals surface area contributed by atoms with Gasteiger partial charge < -0.3 is 4.42 Å². The zero-order chi connectivity index (χ0) is 39.8. The molecule has 0 aliphatic carbocycles. The molecule has 5 nitrogen and oxygen atoms in total. The molecule has 7 aromatic rings. The summed E-state index contributed by atoms with van der Waals surface area (Å²) in [5, 5.41) is 3.27. The Bertz CT molecular complexity index is 2570. The van der Waals surface area contributed by atoms with E-state index in [1.165, 1.54) is 5.19 Å². The third-order valence-corrected chi connectivity index (χ3v) is 11.9. The highest BCUT2D eigenvalue weighted by Crippen LogP contribution is 2.41. The third-order valence-electron chi connectivity index (χ3n) is 9.84. The Kier molecular flexibility index (Phi) is 7.71. The zero-order valence-electron chi connectivity index (χ0n) is 35.4. The van der Waals surface area contributed by atoms with Crippen LogP contribution in [0.4, 0.5) is 0 Å². The lowest BCUT2D eigenvalue weighted by molar-refractivity contribution is -0.659. The van der Waals surface area contributed by atoms with E-state index in [0.717, 1.165) is 55.4 Å². The van der Waals surface area contributed by atoms with Crippen molar-refractivity contribution in [1.82, 2.24) is 15.0 Å². The second-order valence-electron chi connectivity index (χ2n) is 17.2. The van der Waals surface area contributed by atoms with Crippen molar-refractivity contribution >= 4 is 35.2 Å². The van der Waals surface area contributed by atoms with Gasteiger partial charge in [0, 0.05) is 48.1 Å². The molecule has 0 N–H and O–H groups in total. The van der Waals surface area contributed by atoms with E-state index in [9.17, 15) is 0 Å². The summed E-state index contributed by atoms with van der Waals surface area (Å²) in [5.41, 5.74) is 8.69. The molecule has 4 aromatic carbocycles. The van der Waals surface area contributed by atoms with Gasteiger partial charge in [-0.2, -0.15) is 0 Å². The molecule has 3 aromatic heterocycles. The number of hydrogen-bond donors (Lipinski definition) is 0. The number of pyridine rings is 1. The largest absolute Gasteiger partial charge is 0.454 e. The van der Waals surface area contributed by atoms with Gasteiger partial charge in [0.05, 0.1) is 13.6 Å². The number of aryl methyl sites for hydroxylation is 3. The van der Waals surface area contributed by atoms with E-state index in [1.807, 2.05) is 30.3 Å². The van der Waals surface area contributed by atoms with Gasteiger partial charge in [-0.05, 0) is 47.7 Å². The van der Waals surface area contributed by atoms with Crippen LogP contribution in [0.3, 0.4) is 0 Å². The smallest absolute Gasteiger partial charge is 0.216 e. The molecule has 0 bridgehead atoms. The van der Waals surface area contributed by atoms with Gasteiger partial charge in [-0.1, -0.05) is 134 Å². The summed E-state index contributed by atoms with van der Waals surface area (Å²) < 4.78 is 35.7. The van der Waals surface area contributed by atoms with Crippen molar-refractivity contribution in [1.29, 1.82) is 0 Å². The van der Waals surface area contributed by atoms with Crippen LogP contribution in [0.15, 0.2) is 95.5 Å². The Morgan fingerprint density at radius 1 is 0.654 bits per heavy atom. The number of nitrogens with zero attached hydrogens (tertiary/aromatic N) is 4. The summed E-state index contributed by atoms with van der Waals surface area (Å²) in [6.45, 7) is 19.1. The topological polar surface area (TPSA) is 55.7 Å². The predicted molar refractivity (Wildman–Crippen MR) is 220 cm³/mol. The van der Waals surface area contributed by atoms with Gasteiger partial charge in [0.1, 0.15) is 29.9 Å². The molecular weight excluding hydrogens is 653 g/mol. The molecule has 0 fully saturated rings. The second kappa shape index (κ2) is 12.6. The number of aromatic nitrogens is 4. The fourth-order valence-electron chi connectivity index (χ4n) is 6.94. The first-order valence-electron chi connectivity index (χ1n) is 19.6. The molecule has 0 radical (unpaired) electrons. The molecule has 7 rings (SSSR count). The van der Waals surface area contributed by atoms with Crippen LogP contribution in [0, 0.1) is 13.8 Å². The van der Waals surface area contributed by atoms with E-state index >= 15 is 0 Å². The van der Waals surface area contributed by atoms with Crippen LogP contribution in [0.2, 0.25) is 19.6 Å². The molecule has 3 heterocycles. The van der Waals surface area contributed by atoms with Crippen LogP contribution < -0.4 is 9.75 Å². The number of para-hydroxylation sites is 1. The minimum atomic E-state index is -2.41. The molecule has 0 saturated carbocycles. The van der Waals surface area contributed by atoms with Crippen LogP contribution in [0.5, 0.6) is 0 Å². The lowest BCUT2D eigenvalue weighted by Gasteiger charge is -2.23. The molecule has 0 unspecified atom stereocenters. The summed E-state index contributed by atoms with van der Waals surface area (Å²) in [6.07, 6.45) is 2.21. The van der Waals surface area contributed by atoms with Gasteiger partial charge in [0.25, 0.3) is 0 Å². The van der Waals surface area contributed by atoms with E-state index in [4.69, 9.17) is 23.5 Å². The molecule has 52 heavy (non-hydrogen) atoms. The van der Waals surface area contributed by atoms with Crippen molar-refractivity contribution in [2.45, 2.75) is 85.8 Å². The standard InChI is InChI=1S/C46H51N4OSi/c1-28-21-23-35-34-20-16-19-33(30-17-14-13-15-18-30)40(34)51-41(35)39(28)37-26-36(38(27-50(37)9)52(10,11)12)32-24-22-31(25-29(32)2)42-47-43(45(3,4)5)49-44(48-42)46(6,7)8/h13-27H,1-12H3/q+1/i2D3. The van der Waals surface area contributed by atoms with Gasteiger partial charge in [0.2, 0.25) is 5.69 Å². The fraction of sp³-hybridized carbons (Fsp3) is 0.304. The lowest BCUT2D eigenvalue weighted by atomic mass is 9.92. The molecule has 0 aliphatic rings. The summed E-state index contributed by atoms with van der Waals surface area (Å²) >= 11 is 0. The molecule has 264 valence electrons. The molecule has 0 atom stereocenters. The zero-order valence-corrected chi connectivity index (χ0v) is 33.4. The van der Waals surface area contributed by atoms with E-state index in [2.05, 4.69) is 134 Å². The van der Waals surface area contributed by atoms with Gasteiger partial charge >= 0.3 is 0 Å². The van der Waals surface area contributed by atoms with Crippen LogP contribution in [0.1, 0.15) is 68.4 Å². The van der Waals surface area contributed by atoms with Gasteiger partial charge in [-0.15, -0.1) is 0 Å². The van der Waals surface area contributed by atoms with E-state index in [0.29, 0.717) is 28.6 Å². The highest BCUT2D eigenvalue weighted by atomic mass is 28.3. The molecule has 0 aliphatic heterocycles. The maximum absolute atomic E-state index is 8.86. The van der Waals surface area contributed by atoms with Crippen molar-refractivity contribution in [2.75, 3.05) is 0 Å². The lowest BCUT2D eigenvalue weighted by Crippen LogP contribution is -2.46. The van der Waals surface area contributed by atoms with Crippen molar-refractivity contribution in [2.24, 2.45) is 7.05 Å². The van der Waals surface area contributed by atoms with E-state index < -0.39 is 14.9 Å². The second-order valence-corrected chi connectivity index (χ2v) is 22.2. The number of benzene rings is 4. The summed E-state index contributed by atoms with van der Waals surface area (Å²) in [7, 11) is 0.0447. The normalized spacial score (nSPS) is 13.7. The Labute approximate surface area is 314 Å². The van der Waals surface area contributed by atoms with E-state index in [1.54, 1.807) is 6.07 Å². The molecule has 0 amide bonds. The Morgan fingerprint density at radius 3 is 1.96 bits per heavy atom. The number of rotatable bonds is 5. The van der Waals surface area contributed by atoms with Crippen molar-refractivity contribution in [3.8, 4) is 44.9 Å². The molecule has 0 saturated heterocycles. The maximum Gasteiger partial charge on any atom is 0.216 e. The summed E-state index contributed by atoms with van der Waals surface area (Å²) in [6, 6.07) is 28.8. The summed E-state index contributed by atoms with van der Waals surface area (Å²) in [5.74, 6) is 1.83. The number of hydrogen-bond acceptors (Lipinski definition) is 4. The average Bonchev–Trinajstić information content (AvgIpc) is 3.49. The van der Waals surface area contributed by atoms with Gasteiger partial charge in [-0.25, -0.2) is 19.5 Å². The molecular formula is C46H51N4OSi+. The molecule has 6 heteroatoms. The highest BCUT2D eigenvalue weighted by molar-refractivity contribution is 6.89. The SMILES string of the molecule is [2H]C([2H])([2H])c1cc(-c2nc(C(C)(C)C)nc(C(C)(C)C)n2)ccc1-c1cc(-c2c(C)ccc3c2oc2c(-c4ccccc4)cccc23)[n+](C)cc1[Si](C)(C)C. The Morgan fingerprint density at radius 2 is 1.33 bits per heavy atom. The highest BCUT2D eigenvalue weighted by Gasteiger charge is 2.30. The minimum absolute atomic E-state index is 0.269. The first kappa shape index (κ1) is 31.8. The fourth-order valence-corrected chi connectivity index (χ4v) is 8.53. The minimum Gasteiger partial charge on any atom is -0.454 e. The van der Waals surface area contributed by atoms with Crippen LogP contribution in [-0.2, 0) is 17.9 Å². The monoisotopic (exact) mass is 706 g/mol. The van der Waals surface area contributed by atoms with Crippen molar-refractivity contribution < 1.29 is 13.1 Å². The summed E-state index contributed by atoms with van der Waals surface area (Å²) in [4.78, 5) is 14.7. The predicted octanol–water partition coefficient (Wildman–Crippen LogP) is 11.0. The van der Waals surface area contributed by atoms with Crippen LogP contribution in [0.25, 0.3) is 66.8 Å². The Balaban J connectivity index is 1.49. The van der Waals surface area contributed by atoms with Crippen molar-refractivity contribution in [3.05, 3.63) is 114 Å². The number of furan rings is 1. The van der Waals surface area contributed by atoms with Crippen LogP contribution in [-0.4, -0.2) is 23.0 Å². The quantitative estimate of drug-likeness (QED) is 0.132. The number of fused-ring (bicyclic) bond motifs is 3. The molecule has 0 spiro atoms. The Hall–Kier alpha value is -4.94. The van der Waals surface area contributed by atoms with Crippen LogP contribution >= 0.6 is 0 Å². The van der Waals surface area contributed by atoms with E-state index in [-0.39, 0.29) is 16.4 Å². The first-order chi connectivity index (χ1) is 25.6. The van der Waals surface area contributed by atoms with Crippen molar-refractivity contribution in [3.63, 3.8) is 0 Å².